The van der Waals surface area contributed by atoms with Crippen molar-refractivity contribution in [3.8, 4) is 0 Å². The number of amides is 1. The number of carbonyl (C=O) groups is 1. The summed E-state index contributed by atoms with van der Waals surface area (Å²) in [6.07, 6.45) is 9.36. The standard InChI is InChI=1S/C15H21N3O/c16-10-12-8-11(4-7-17-12)14(19)18-13-9-15(13)5-2-1-3-6-15/h4,7-8,13H,1-3,5-6,9-10,16H2,(H,18,19). The van der Waals surface area contributed by atoms with Gasteiger partial charge in [-0.3, -0.25) is 9.78 Å². The van der Waals surface area contributed by atoms with E-state index in [4.69, 9.17) is 5.73 Å². The molecule has 0 aromatic carbocycles. The third-order valence-electron chi connectivity index (χ3n) is 4.63. The van der Waals surface area contributed by atoms with Crippen LogP contribution in [-0.2, 0) is 6.54 Å². The van der Waals surface area contributed by atoms with Gasteiger partial charge in [-0.2, -0.15) is 0 Å². The van der Waals surface area contributed by atoms with Crippen molar-refractivity contribution >= 4 is 5.91 Å². The van der Waals surface area contributed by atoms with Gasteiger partial charge in [0.25, 0.3) is 5.91 Å². The lowest BCUT2D eigenvalue weighted by molar-refractivity contribution is 0.0942. The molecule has 1 unspecified atom stereocenters. The summed E-state index contributed by atoms with van der Waals surface area (Å²) in [4.78, 5) is 16.3. The van der Waals surface area contributed by atoms with Crippen molar-refractivity contribution < 1.29 is 4.79 Å². The summed E-state index contributed by atoms with van der Waals surface area (Å²) in [7, 11) is 0. The van der Waals surface area contributed by atoms with Crippen molar-refractivity contribution in [1.82, 2.24) is 10.3 Å². The Kier molecular flexibility index (Phi) is 3.27. The van der Waals surface area contributed by atoms with Crippen molar-refractivity contribution in [2.75, 3.05) is 0 Å². The third kappa shape index (κ3) is 2.50. The molecule has 4 nitrogen and oxygen atoms in total. The molecule has 0 radical (unpaired) electrons. The molecule has 1 spiro atoms. The Bertz CT molecular complexity index is 480. The van der Waals surface area contributed by atoms with Crippen molar-refractivity contribution in [1.29, 1.82) is 0 Å². The summed E-state index contributed by atoms with van der Waals surface area (Å²) in [5, 5.41) is 3.17. The summed E-state index contributed by atoms with van der Waals surface area (Å²) >= 11 is 0. The van der Waals surface area contributed by atoms with Gasteiger partial charge in [-0.1, -0.05) is 19.3 Å². The number of nitrogens with one attached hydrogen (secondary N) is 1. The molecule has 1 atom stereocenters. The van der Waals surface area contributed by atoms with E-state index in [9.17, 15) is 4.79 Å². The average Bonchev–Trinajstić information content (AvgIpc) is 3.11. The van der Waals surface area contributed by atoms with E-state index in [2.05, 4.69) is 10.3 Å². The van der Waals surface area contributed by atoms with Crippen LogP contribution in [0.3, 0.4) is 0 Å². The molecule has 0 bridgehead atoms. The molecule has 2 aliphatic rings. The van der Waals surface area contributed by atoms with Gasteiger partial charge in [0.15, 0.2) is 0 Å². The van der Waals surface area contributed by atoms with Gasteiger partial charge in [-0.05, 0) is 36.8 Å². The Hall–Kier alpha value is -1.42. The topological polar surface area (TPSA) is 68.0 Å². The molecule has 2 aliphatic carbocycles. The van der Waals surface area contributed by atoms with Gasteiger partial charge in [0.2, 0.25) is 0 Å². The highest BCUT2D eigenvalue weighted by molar-refractivity contribution is 5.94. The van der Waals surface area contributed by atoms with Gasteiger partial charge < -0.3 is 11.1 Å². The number of aromatic nitrogens is 1. The third-order valence-corrected chi connectivity index (χ3v) is 4.63. The van der Waals surface area contributed by atoms with Crippen molar-refractivity contribution in [3.63, 3.8) is 0 Å². The molecule has 3 N–H and O–H groups in total. The first-order valence-corrected chi connectivity index (χ1v) is 7.19. The number of nitrogens with two attached hydrogens (primary N) is 1. The molecule has 2 fully saturated rings. The lowest BCUT2D eigenvalue weighted by Gasteiger charge is -2.22. The molecule has 1 aromatic heterocycles. The summed E-state index contributed by atoms with van der Waals surface area (Å²) in [5.41, 5.74) is 7.41. The lowest BCUT2D eigenvalue weighted by Crippen LogP contribution is -2.30. The molecule has 1 heterocycles. The van der Waals surface area contributed by atoms with E-state index in [1.807, 2.05) is 0 Å². The second-order valence-electron chi connectivity index (χ2n) is 5.89. The van der Waals surface area contributed by atoms with E-state index >= 15 is 0 Å². The minimum atomic E-state index is 0.0181. The van der Waals surface area contributed by atoms with Crippen LogP contribution in [0, 0.1) is 5.41 Å². The molecule has 19 heavy (non-hydrogen) atoms. The maximum atomic E-state index is 12.2. The second-order valence-corrected chi connectivity index (χ2v) is 5.89. The van der Waals surface area contributed by atoms with Crippen LogP contribution in [0.4, 0.5) is 0 Å². The molecule has 0 saturated heterocycles. The SMILES string of the molecule is NCc1cc(C(=O)NC2CC23CCCCC3)ccn1. The maximum Gasteiger partial charge on any atom is 0.251 e. The first kappa shape index (κ1) is 12.6. The van der Waals surface area contributed by atoms with E-state index in [0.717, 1.165) is 12.1 Å². The second kappa shape index (κ2) is 4.93. The van der Waals surface area contributed by atoms with Crippen LogP contribution in [0.2, 0.25) is 0 Å². The van der Waals surface area contributed by atoms with Crippen LogP contribution in [0.5, 0.6) is 0 Å². The normalized spacial score (nSPS) is 24.2. The molecule has 2 saturated carbocycles. The Labute approximate surface area is 113 Å². The Morgan fingerprint density at radius 1 is 1.42 bits per heavy atom. The van der Waals surface area contributed by atoms with E-state index in [1.165, 1.54) is 32.1 Å². The summed E-state index contributed by atoms with van der Waals surface area (Å²) < 4.78 is 0. The smallest absolute Gasteiger partial charge is 0.251 e. The van der Waals surface area contributed by atoms with Crippen LogP contribution in [0.15, 0.2) is 18.3 Å². The number of rotatable bonds is 3. The van der Waals surface area contributed by atoms with Crippen LogP contribution in [0.25, 0.3) is 0 Å². The summed E-state index contributed by atoms with van der Waals surface area (Å²) in [6, 6.07) is 3.92. The predicted molar refractivity (Wildman–Crippen MR) is 73.5 cm³/mol. The number of hydrogen-bond acceptors (Lipinski definition) is 3. The number of hydrogen-bond donors (Lipinski definition) is 2. The first-order valence-electron chi connectivity index (χ1n) is 7.19. The molecular formula is C15H21N3O. The number of nitrogens with zero attached hydrogens (tertiary/aromatic N) is 1. The highest BCUT2D eigenvalue weighted by Gasteiger charge is 2.54. The lowest BCUT2D eigenvalue weighted by atomic mass is 9.86. The highest BCUT2D eigenvalue weighted by atomic mass is 16.1. The summed E-state index contributed by atoms with van der Waals surface area (Å²) in [6.45, 7) is 0.370. The minimum Gasteiger partial charge on any atom is -0.349 e. The van der Waals surface area contributed by atoms with E-state index in [1.54, 1.807) is 18.3 Å². The quantitative estimate of drug-likeness (QED) is 0.872. The molecule has 4 heteroatoms. The Morgan fingerprint density at radius 2 is 2.21 bits per heavy atom. The van der Waals surface area contributed by atoms with E-state index < -0.39 is 0 Å². The Balaban J connectivity index is 1.63. The van der Waals surface area contributed by atoms with Crippen molar-refractivity contribution in [2.45, 2.75) is 51.1 Å². The largest absolute Gasteiger partial charge is 0.349 e. The van der Waals surface area contributed by atoms with E-state index in [0.29, 0.717) is 23.6 Å². The first-order chi connectivity index (χ1) is 9.23. The van der Waals surface area contributed by atoms with Crippen LogP contribution < -0.4 is 11.1 Å². The zero-order valence-corrected chi connectivity index (χ0v) is 11.2. The maximum absolute atomic E-state index is 12.2. The Morgan fingerprint density at radius 3 is 2.95 bits per heavy atom. The van der Waals surface area contributed by atoms with Gasteiger partial charge >= 0.3 is 0 Å². The fourth-order valence-corrected chi connectivity index (χ4v) is 3.33. The fourth-order valence-electron chi connectivity index (χ4n) is 3.33. The zero-order chi connectivity index (χ0) is 13.3. The van der Waals surface area contributed by atoms with Crippen LogP contribution >= 0.6 is 0 Å². The minimum absolute atomic E-state index is 0.0181. The van der Waals surface area contributed by atoms with Crippen LogP contribution in [-0.4, -0.2) is 16.9 Å². The monoisotopic (exact) mass is 259 g/mol. The van der Waals surface area contributed by atoms with Gasteiger partial charge in [0.05, 0.1) is 5.69 Å². The predicted octanol–water partition coefficient (Wildman–Crippen LogP) is 1.99. The van der Waals surface area contributed by atoms with Gasteiger partial charge in [-0.15, -0.1) is 0 Å². The van der Waals surface area contributed by atoms with Gasteiger partial charge in [0.1, 0.15) is 0 Å². The molecule has 1 aromatic rings. The molecule has 1 amide bonds. The molecular weight excluding hydrogens is 238 g/mol. The molecule has 0 aliphatic heterocycles. The number of pyridine rings is 1. The summed E-state index contributed by atoms with van der Waals surface area (Å²) in [5.74, 6) is 0.0181. The molecule has 3 rings (SSSR count). The molecule has 102 valence electrons. The number of carbonyl (C=O) groups excluding carboxylic acids is 1. The van der Waals surface area contributed by atoms with E-state index in [-0.39, 0.29) is 5.91 Å². The van der Waals surface area contributed by atoms with Crippen molar-refractivity contribution in [2.24, 2.45) is 11.1 Å². The van der Waals surface area contributed by atoms with Crippen molar-refractivity contribution in [3.05, 3.63) is 29.6 Å². The fraction of sp³-hybridized carbons (Fsp3) is 0.600. The van der Waals surface area contributed by atoms with Gasteiger partial charge in [-0.25, -0.2) is 0 Å². The average molecular weight is 259 g/mol. The van der Waals surface area contributed by atoms with Gasteiger partial charge in [0, 0.05) is 24.3 Å². The van der Waals surface area contributed by atoms with Crippen LogP contribution in [0.1, 0.15) is 54.6 Å². The highest BCUT2D eigenvalue weighted by Crippen LogP contribution is 2.56. The zero-order valence-electron chi connectivity index (χ0n) is 11.2.